The van der Waals surface area contributed by atoms with Crippen LogP contribution in [0.2, 0.25) is 5.02 Å². The van der Waals surface area contributed by atoms with Crippen molar-refractivity contribution in [3.63, 3.8) is 0 Å². The molecule has 0 bridgehead atoms. The Morgan fingerprint density at radius 1 is 1.29 bits per heavy atom. The van der Waals surface area contributed by atoms with Gasteiger partial charge in [-0.05, 0) is 51.4 Å². The van der Waals surface area contributed by atoms with Crippen LogP contribution < -0.4 is 0 Å². The molecule has 0 spiro atoms. The van der Waals surface area contributed by atoms with E-state index in [-0.39, 0.29) is 6.04 Å². The Morgan fingerprint density at radius 3 is 2.90 bits per heavy atom. The fourth-order valence-corrected chi connectivity index (χ4v) is 4.13. The third-order valence-electron chi connectivity index (χ3n) is 5.17. The van der Waals surface area contributed by atoms with E-state index in [9.17, 15) is 5.11 Å². The standard InChI is InChI=1S/C17H25ClN2O/c1-12-10-19-8-4-3-5-15(19)11-20(12)13(2)16-9-14(18)6-7-17(16)21/h6-7,9,12-13,15,21H,3-5,8,10-11H2,1-2H3. The fraction of sp³-hybridized carbons (Fsp3) is 0.647. The third kappa shape index (κ3) is 3.05. The molecule has 3 unspecified atom stereocenters. The molecule has 2 aliphatic rings. The Morgan fingerprint density at radius 2 is 2.10 bits per heavy atom. The smallest absolute Gasteiger partial charge is 0.120 e. The lowest BCUT2D eigenvalue weighted by atomic mass is 9.94. The van der Waals surface area contributed by atoms with Crippen molar-refractivity contribution in [1.82, 2.24) is 9.80 Å². The molecule has 116 valence electrons. The van der Waals surface area contributed by atoms with E-state index in [4.69, 9.17) is 11.6 Å². The number of halogens is 1. The number of phenols is 1. The zero-order valence-corrected chi connectivity index (χ0v) is 13.7. The summed E-state index contributed by atoms with van der Waals surface area (Å²) in [6, 6.07) is 6.74. The maximum atomic E-state index is 10.2. The first-order valence-electron chi connectivity index (χ1n) is 8.04. The van der Waals surface area contributed by atoms with Gasteiger partial charge in [0.2, 0.25) is 0 Å². The van der Waals surface area contributed by atoms with Crippen molar-refractivity contribution in [2.24, 2.45) is 0 Å². The first kappa shape index (κ1) is 15.1. The Balaban J connectivity index is 1.80. The second-order valence-electron chi connectivity index (χ2n) is 6.57. The molecule has 1 N–H and O–H groups in total. The van der Waals surface area contributed by atoms with E-state index in [0.29, 0.717) is 22.9 Å². The lowest BCUT2D eigenvalue weighted by Crippen LogP contribution is -2.58. The van der Waals surface area contributed by atoms with Crippen molar-refractivity contribution in [2.45, 2.75) is 51.2 Å². The summed E-state index contributed by atoms with van der Waals surface area (Å²) >= 11 is 6.11. The zero-order chi connectivity index (χ0) is 15.0. The number of fused-ring (bicyclic) bond motifs is 1. The molecule has 2 fully saturated rings. The van der Waals surface area contributed by atoms with Crippen molar-refractivity contribution in [3.05, 3.63) is 28.8 Å². The quantitative estimate of drug-likeness (QED) is 0.903. The largest absolute Gasteiger partial charge is 0.508 e. The number of benzene rings is 1. The maximum absolute atomic E-state index is 10.2. The molecule has 1 aromatic rings. The molecule has 0 aliphatic carbocycles. The van der Waals surface area contributed by atoms with Gasteiger partial charge >= 0.3 is 0 Å². The number of rotatable bonds is 2. The Kier molecular flexibility index (Phi) is 4.43. The van der Waals surface area contributed by atoms with Crippen LogP contribution in [0.25, 0.3) is 0 Å². The highest BCUT2D eigenvalue weighted by Gasteiger charge is 2.35. The first-order chi connectivity index (χ1) is 10.1. The van der Waals surface area contributed by atoms with Gasteiger partial charge in [0.15, 0.2) is 0 Å². The predicted octanol–water partition coefficient (Wildman–Crippen LogP) is 3.67. The summed E-state index contributed by atoms with van der Waals surface area (Å²) in [7, 11) is 0. The molecule has 1 aromatic carbocycles. The van der Waals surface area contributed by atoms with Crippen LogP contribution in [0.1, 0.15) is 44.7 Å². The molecule has 2 aliphatic heterocycles. The highest BCUT2D eigenvalue weighted by atomic mass is 35.5. The van der Waals surface area contributed by atoms with Crippen LogP contribution in [-0.2, 0) is 0 Å². The molecular formula is C17H25ClN2O. The van der Waals surface area contributed by atoms with Gasteiger partial charge in [-0.25, -0.2) is 0 Å². The van der Waals surface area contributed by atoms with Gasteiger partial charge < -0.3 is 5.11 Å². The van der Waals surface area contributed by atoms with Crippen molar-refractivity contribution >= 4 is 11.6 Å². The monoisotopic (exact) mass is 308 g/mol. The summed E-state index contributed by atoms with van der Waals surface area (Å²) in [5.41, 5.74) is 0.943. The minimum atomic E-state index is 0.197. The van der Waals surface area contributed by atoms with E-state index in [2.05, 4.69) is 23.6 Å². The summed E-state index contributed by atoms with van der Waals surface area (Å²) in [6.07, 6.45) is 3.99. The van der Waals surface area contributed by atoms with Crippen LogP contribution in [-0.4, -0.2) is 46.6 Å². The summed E-state index contributed by atoms with van der Waals surface area (Å²) in [4.78, 5) is 5.17. The summed E-state index contributed by atoms with van der Waals surface area (Å²) in [5.74, 6) is 0.352. The van der Waals surface area contributed by atoms with Gasteiger partial charge in [-0.3, -0.25) is 9.80 Å². The van der Waals surface area contributed by atoms with Gasteiger partial charge in [-0.15, -0.1) is 0 Å². The van der Waals surface area contributed by atoms with E-state index in [1.54, 1.807) is 12.1 Å². The van der Waals surface area contributed by atoms with Gasteiger partial charge in [0.1, 0.15) is 5.75 Å². The number of hydrogen-bond donors (Lipinski definition) is 1. The molecule has 2 heterocycles. The summed E-state index contributed by atoms with van der Waals surface area (Å²) in [6.45, 7) is 7.95. The highest BCUT2D eigenvalue weighted by molar-refractivity contribution is 6.30. The van der Waals surface area contributed by atoms with E-state index in [1.807, 2.05) is 6.07 Å². The van der Waals surface area contributed by atoms with Gasteiger partial charge in [0, 0.05) is 41.8 Å². The van der Waals surface area contributed by atoms with E-state index < -0.39 is 0 Å². The number of piperidine rings is 1. The molecular weight excluding hydrogens is 284 g/mol. The molecule has 2 saturated heterocycles. The molecule has 21 heavy (non-hydrogen) atoms. The number of aromatic hydroxyl groups is 1. The number of hydrogen-bond acceptors (Lipinski definition) is 3. The van der Waals surface area contributed by atoms with Gasteiger partial charge in [0.25, 0.3) is 0 Å². The summed E-state index contributed by atoms with van der Waals surface area (Å²) in [5, 5.41) is 10.9. The van der Waals surface area contributed by atoms with Crippen molar-refractivity contribution in [1.29, 1.82) is 0 Å². The minimum Gasteiger partial charge on any atom is -0.508 e. The SMILES string of the molecule is CC1CN2CCCCC2CN1C(C)c1cc(Cl)ccc1O. The molecule has 0 aromatic heterocycles. The fourth-order valence-electron chi connectivity index (χ4n) is 3.95. The average molecular weight is 309 g/mol. The number of piperazine rings is 1. The number of phenolic OH excluding ortho intramolecular Hbond substituents is 1. The van der Waals surface area contributed by atoms with Crippen molar-refractivity contribution in [2.75, 3.05) is 19.6 Å². The molecule has 3 atom stereocenters. The number of nitrogens with zero attached hydrogens (tertiary/aromatic N) is 2. The molecule has 0 radical (unpaired) electrons. The van der Waals surface area contributed by atoms with Crippen LogP contribution >= 0.6 is 11.6 Å². The lowest BCUT2D eigenvalue weighted by Gasteiger charge is -2.49. The van der Waals surface area contributed by atoms with Gasteiger partial charge in [-0.2, -0.15) is 0 Å². The maximum Gasteiger partial charge on any atom is 0.120 e. The summed E-state index contributed by atoms with van der Waals surface area (Å²) < 4.78 is 0. The first-order valence-corrected chi connectivity index (χ1v) is 8.42. The van der Waals surface area contributed by atoms with Crippen LogP contribution in [0.3, 0.4) is 0 Å². The molecule has 3 rings (SSSR count). The van der Waals surface area contributed by atoms with E-state index >= 15 is 0 Å². The Labute approximate surface area is 132 Å². The second-order valence-corrected chi connectivity index (χ2v) is 7.01. The lowest BCUT2D eigenvalue weighted by molar-refractivity contribution is -0.00499. The van der Waals surface area contributed by atoms with Crippen LogP contribution in [0, 0.1) is 0 Å². The zero-order valence-electron chi connectivity index (χ0n) is 12.9. The van der Waals surface area contributed by atoms with Gasteiger partial charge in [0.05, 0.1) is 0 Å². The predicted molar refractivity (Wildman–Crippen MR) is 86.9 cm³/mol. The Bertz CT molecular complexity index is 508. The van der Waals surface area contributed by atoms with E-state index in [0.717, 1.165) is 18.7 Å². The minimum absolute atomic E-state index is 0.197. The average Bonchev–Trinajstić information content (AvgIpc) is 2.48. The third-order valence-corrected chi connectivity index (χ3v) is 5.41. The van der Waals surface area contributed by atoms with E-state index in [1.165, 1.54) is 25.8 Å². The Hall–Kier alpha value is -0.770. The van der Waals surface area contributed by atoms with Crippen LogP contribution in [0.15, 0.2) is 18.2 Å². The van der Waals surface area contributed by atoms with Crippen LogP contribution in [0.4, 0.5) is 0 Å². The second kappa shape index (κ2) is 6.15. The van der Waals surface area contributed by atoms with Crippen LogP contribution in [0.5, 0.6) is 5.75 Å². The highest BCUT2D eigenvalue weighted by Crippen LogP contribution is 2.35. The normalized spacial score (nSPS) is 29.1. The van der Waals surface area contributed by atoms with Crippen molar-refractivity contribution in [3.8, 4) is 5.75 Å². The molecule has 3 nitrogen and oxygen atoms in total. The van der Waals surface area contributed by atoms with Crippen molar-refractivity contribution < 1.29 is 5.11 Å². The molecule has 0 amide bonds. The molecule has 4 heteroatoms. The van der Waals surface area contributed by atoms with Gasteiger partial charge in [-0.1, -0.05) is 18.0 Å². The topological polar surface area (TPSA) is 26.7 Å². The molecule has 0 saturated carbocycles.